The summed E-state index contributed by atoms with van der Waals surface area (Å²) in [5, 5.41) is 11.6. The molecule has 0 aliphatic heterocycles. The van der Waals surface area contributed by atoms with Crippen LogP contribution in [-0.2, 0) is 9.59 Å². The molecule has 0 aromatic rings. The van der Waals surface area contributed by atoms with Crippen molar-refractivity contribution < 1.29 is 14.7 Å². The van der Waals surface area contributed by atoms with Crippen LogP contribution in [0.5, 0.6) is 0 Å². The van der Waals surface area contributed by atoms with Gasteiger partial charge in [-0.1, -0.05) is 12.2 Å². The van der Waals surface area contributed by atoms with Crippen LogP contribution in [0.15, 0.2) is 12.2 Å². The van der Waals surface area contributed by atoms with Gasteiger partial charge in [-0.25, -0.2) is 0 Å². The van der Waals surface area contributed by atoms with Crippen LogP contribution in [0.1, 0.15) is 6.42 Å². The number of carbonyl (C=O) groups excluding carboxylic acids is 1. The van der Waals surface area contributed by atoms with E-state index in [-0.39, 0.29) is 23.7 Å². The van der Waals surface area contributed by atoms with Gasteiger partial charge >= 0.3 is 5.97 Å². The first-order valence-electron chi connectivity index (χ1n) is 4.78. The van der Waals surface area contributed by atoms with Crippen LogP contribution in [0.3, 0.4) is 0 Å². The molecule has 0 unspecified atom stereocenters. The summed E-state index contributed by atoms with van der Waals surface area (Å²) < 4.78 is 0. The molecule has 1 fully saturated rings. The summed E-state index contributed by atoms with van der Waals surface area (Å²) in [5.74, 6) is -1.71. The molecule has 0 aromatic heterocycles. The van der Waals surface area contributed by atoms with E-state index in [1.165, 1.54) is 0 Å². The minimum atomic E-state index is -0.851. The highest BCUT2D eigenvalue weighted by Gasteiger charge is 2.51. The van der Waals surface area contributed by atoms with Crippen molar-refractivity contribution in [1.29, 1.82) is 0 Å². The number of nitrogens with one attached hydrogen (secondary N) is 1. The Morgan fingerprint density at radius 1 is 1.29 bits per heavy atom. The topological polar surface area (TPSA) is 66.4 Å². The van der Waals surface area contributed by atoms with Crippen molar-refractivity contribution in [2.45, 2.75) is 6.42 Å². The van der Waals surface area contributed by atoms with E-state index in [2.05, 4.69) is 5.32 Å². The molecule has 2 aliphatic carbocycles. The predicted molar refractivity (Wildman–Crippen MR) is 49.4 cm³/mol. The average molecular weight is 195 g/mol. The van der Waals surface area contributed by atoms with Gasteiger partial charge in [0, 0.05) is 7.05 Å². The van der Waals surface area contributed by atoms with Gasteiger partial charge in [0.2, 0.25) is 5.91 Å². The zero-order chi connectivity index (χ0) is 10.3. The number of hydrogen-bond acceptors (Lipinski definition) is 2. The second-order valence-corrected chi connectivity index (χ2v) is 3.95. The molecule has 0 spiro atoms. The van der Waals surface area contributed by atoms with E-state index in [4.69, 9.17) is 5.11 Å². The molecule has 0 saturated heterocycles. The summed E-state index contributed by atoms with van der Waals surface area (Å²) in [6.07, 6.45) is 4.72. The highest BCUT2D eigenvalue weighted by atomic mass is 16.4. The van der Waals surface area contributed by atoms with Gasteiger partial charge in [0.1, 0.15) is 0 Å². The van der Waals surface area contributed by atoms with Crippen molar-refractivity contribution in [3.63, 3.8) is 0 Å². The predicted octanol–water partition coefficient (Wildman–Crippen LogP) is 0.255. The third kappa shape index (κ3) is 1.14. The average Bonchev–Trinajstić information content (AvgIpc) is 2.74. The first-order chi connectivity index (χ1) is 6.65. The fourth-order valence-corrected chi connectivity index (χ4v) is 2.68. The first-order valence-corrected chi connectivity index (χ1v) is 4.78. The number of carboxylic acid groups (broad SMARTS) is 1. The molecule has 0 radical (unpaired) electrons. The van der Waals surface area contributed by atoms with Crippen molar-refractivity contribution in [1.82, 2.24) is 5.32 Å². The maximum Gasteiger partial charge on any atom is 0.307 e. The van der Waals surface area contributed by atoms with Crippen LogP contribution in [0.2, 0.25) is 0 Å². The summed E-state index contributed by atoms with van der Waals surface area (Å²) in [4.78, 5) is 22.5. The molecular weight excluding hydrogens is 182 g/mol. The fraction of sp³-hybridized carbons (Fsp3) is 0.600. The van der Waals surface area contributed by atoms with Crippen LogP contribution in [-0.4, -0.2) is 24.0 Å². The van der Waals surface area contributed by atoms with Crippen LogP contribution in [0.4, 0.5) is 0 Å². The number of carbonyl (C=O) groups is 2. The van der Waals surface area contributed by atoms with Crippen molar-refractivity contribution >= 4 is 11.9 Å². The van der Waals surface area contributed by atoms with E-state index in [1.54, 1.807) is 7.05 Å². The molecule has 0 heterocycles. The molecule has 1 amide bonds. The number of hydrogen-bond donors (Lipinski definition) is 2. The van der Waals surface area contributed by atoms with Crippen LogP contribution in [0, 0.1) is 23.7 Å². The molecule has 2 N–H and O–H groups in total. The molecule has 4 heteroatoms. The lowest BCUT2D eigenvalue weighted by Gasteiger charge is -2.22. The highest BCUT2D eigenvalue weighted by Crippen LogP contribution is 2.48. The van der Waals surface area contributed by atoms with E-state index in [9.17, 15) is 9.59 Å². The Morgan fingerprint density at radius 2 is 1.86 bits per heavy atom. The minimum Gasteiger partial charge on any atom is -0.481 e. The van der Waals surface area contributed by atoms with Crippen molar-refractivity contribution in [3.05, 3.63) is 12.2 Å². The third-order valence-corrected chi connectivity index (χ3v) is 3.29. The van der Waals surface area contributed by atoms with E-state index < -0.39 is 11.9 Å². The van der Waals surface area contributed by atoms with Gasteiger partial charge in [0.05, 0.1) is 11.8 Å². The highest BCUT2D eigenvalue weighted by molar-refractivity contribution is 5.86. The van der Waals surface area contributed by atoms with Crippen LogP contribution < -0.4 is 5.32 Å². The minimum absolute atomic E-state index is 0.0554. The maximum absolute atomic E-state index is 11.5. The second kappa shape index (κ2) is 3.12. The van der Waals surface area contributed by atoms with Gasteiger partial charge in [-0.3, -0.25) is 9.59 Å². The third-order valence-electron chi connectivity index (χ3n) is 3.29. The normalized spacial score (nSPS) is 38.6. The molecule has 4 atom stereocenters. The molecule has 1 saturated carbocycles. The van der Waals surface area contributed by atoms with Gasteiger partial charge in [-0.2, -0.15) is 0 Å². The molecule has 4 nitrogen and oxygen atoms in total. The maximum atomic E-state index is 11.5. The molecule has 2 aliphatic rings. The zero-order valence-corrected chi connectivity index (χ0v) is 7.93. The zero-order valence-electron chi connectivity index (χ0n) is 7.93. The number of carboxylic acids is 1. The Hall–Kier alpha value is -1.32. The van der Waals surface area contributed by atoms with Crippen molar-refractivity contribution in [2.75, 3.05) is 7.05 Å². The number of rotatable bonds is 2. The lowest BCUT2D eigenvalue weighted by atomic mass is 9.82. The monoisotopic (exact) mass is 195 g/mol. The van der Waals surface area contributed by atoms with E-state index in [0.717, 1.165) is 6.42 Å². The summed E-state index contributed by atoms with van der Waals surface area (Å²) in [5.41, 5.74) is 0. The van der Waals surface area contributed by atoms with E-state index >= 15 is 0 Å². The Kier molecular flexibility index (Phi) is 2.06. The number of allylic oxidation sites excluding steroid dienone is 2. The smallest absolute Gasteiger partial charge is 0.307 e. The van der Waals surface area contributed by atoms with E-state index in [0.29, 0.717) is 0 Å². The quantitative estimate of drug-likeness (QED) is 0.621. The Bertz CT molecular complexity index is 310. The van der Waals surface area contributed by atoms with Gasteiger partial charge in [-0.15, -0.1) is 0 Å². The summed E-state index contributed by atoms with van der Waals surface area (Å²) in [6.45, 7) is 0. The van der Waals surface area contributed by atoms with Crippen LogP contribution in [0.25, 0.3) is 0 Å². The first kappa shape index (κ1) is 9.24. The lowest BCUT2D eigenvalue weighted by molar-refractivity contribution is -0.147. The largest absolute Gasteiger partial charge is 0.481 e. The molecular formula is C10H13NO3. The van der Waals surface area contributed by atoms with Gasteiger partial charge < -0.3 is 10.4 Å². The fourth-order valence-electron chi connectivity index (χ4n) is 2.68. The summed E-state index contributed by atoms with van der Waals surface area (Å²) in [7, 11) is 1.55. The second-order valence-electron chi connectivity index (χ2n) is 3.95. The number of aliphatic carboxylic acids is 1. The number of fused-ring (bicyclic) bond motifs is 2. The number of amides is 1. The van der Waals surface area contributed by atoms with Crippen molar-refractivity contribution in [3.8, 4) is 0 Å². The molecule has 0 aromatic carbocycles. The molecule has 14 heavy (non-hydrogen) atoms. The summed E-state index contributed by atoms with van der Waals surface area (Å²) >= 11 is 0. The Labute approximate surface area is 82.0 Å². The molecule has 76 valence electrons. The summed E-state index contributed by atoms with van der Waals surface area (Å²) in [6, 6.07) is 0. The lowest BCUT2D eigenvalue weighted by Crippen LogP contribution is -2.38. The van der Waals surface area contributed by atoms with Gasteiger partial charge in [-0.05, 0) is 18.3 Å². The Morgan fingerprint density at radius 3 is 2.36 bits per heavy atom. The standard InChI is InChI=1S/C10H13NO3/c1-11-9(12)7-5-2-3-6(4-5)8(7)10(13)14/h2-3,5-8H,4H2,1H3,(H,11,12)(H,13,14)/t5-,6-,7-,8-/m0/s1. The van der Waals surface area contributed by atoms with Gasteiger partial charge in [0.15, 0.2) is 0 Å². The molecule has 2 bridgehead atoms. The SMILES string of the molecule is CNC(=O)[C@@H]1[C@@H](C(=O)O)[C@H]2C=C[C@H]1C2. The molecule has 2 rings (SSSR count). The van der Waals surface area contributed by atoms with Gasteiger partial charge in [0.25, 0.3) is 0 Å². The van der Waals surface area contributed by atoms with Crippen LogP contribution >= 0.6 is 0 Å². The Balaban J connectivity index is 2.26. The van der Waals surface area contributed by atoms with Crippen molar-refractivity contribution in [2.24, 2.45) is 23.7 Å². The van der Waals surface area contributed by atoms with E-state index in [1.807, 2.05) is 12.2 Å².